The lowest BCUT2D eigenvalue weighted by Crippen LogP contribution is -2.29. The van der Waals surface area contributed by atoms with Gasteiger partial charge in [-0.2, -0.15) is 0 Å². The molecular formula is C21H18N2O3S2. The molecule has 5 nitrogen and oxygen atoms in total. The predicted molar refractivity (Wildman–Crippen MR) is 113 cm³/mol. The van der Waals surface area contributed by atoms with Crippen LogP contribution in [0.4, 0.5) is 11.4 Å². The first-order valence-electron chi connectivity index (χ1n) is 8.77. The third kappa shape index (κ3) is 3.72. The van der Waals surface area contributed by atoms with Gasteiger partial charge in [0.1, 0.15) is 0 Å². The largest absolute Gasteiger partial charge is 0.323 e. The minimum absolute atomic E-state index is 0.205. The molecule has 0 atom stereocenters. The Morgan fingerprint density at radius 3 is 2.57 bits per heavy atom. The lowest BCUT2D eigenvalue weighted by Gasteiger charge is -2.19. The summed E-state index contributed by atoms with van der Waals surface area (Å²) in [4.78, 5) is 13.2. The fourth-order valence-corrected chi connectivity index (χ4v) is 5.24. The van der Waals surface area contributed by atoms with Crippen LogP contribution < -0.4 is 9.62 Å². The molecule has 7 heteroatoms. The minimum Gasteiger partial charge on any atom is -0.323 e. The topological polar surface area (TPSA) is 66.5 Å². The van der Waals surface area contributed by atoms with Crippen LogP contribution in [-0.4, -0.2) is 20.9 Å². The second-order valence-electron chi connectivity index (χ2n) is 6.32. The van der Waals surface area contributed by atoms with Crippen LogP contribution in [0.3, 0.4) is 0 Å². The first-order valence-corrected chi connectivity index (χ1v) is 11.1. The number of thiophene rings is 1. The zero-order valence-electron chi connectivity index (χ0n) is 14.9. The molecule has 0 spiro atoms. The number of benzene rings is 2. The summed E-state index contributed by atoms with van der Waals surface area (Å²) in [6.07, 6.45) is 3.90. The molecule has 0 fully saturated rings. The number of nitrogens with zero attached hydrogens (tertiary/aromatic N) is 1. The van der Waals surface area contributed by atoms with Crippen molar-refractivity contribution in [3.05, 3.63) is 82.6 Å². The highest BCUT2D eigenvalue weighted by atomic mass is 32.2. The summed E-state index contributed by atoms with van der Waals surface area (Å²) in [6, 6.07) is 17.6. The maximum Gasteiger partial charge on any atom is 0.264 e. The van der Waals surface area contributed by atoms with Gasteiger partial charge in [0.25, 0.3) is 10.0 Å². The predicted octanol–water partition coefficient (Wildman–Crippen LogP) is 4.15. The maximum absolute atomic E-state index is 13.0. The zero-order valence-corrected chi connectivity index (χ0v) is 16.5. The van der Waals surface area contributed by atoms with Gasteiger partial charge in [-0.1, -0.05) is 24.3 Å². The Morgan fingerprint density at radius 1 is 1.04 bits per heavy atom. The van der Waals surface area contributed by atoms with Crippen LogP contribution in [0.25, 0.3) is 6.08 Å². The Morgan fingerprint density at radius 2 is 1.82 bits per heavy atom. The number of rotatable bonds is 5. The molecule has 1 aliphatic rings. The number of fused-ring (bicyclic) bond motifs is 1. The lowest BCUT2D eigenvalue weighted by atomic mass is 10.2. The summed E-state index contributed by atoms with van der Waals surface area (Å²) in [5.74, 6) is -0.266. The van der Waals surface area contributed by atoms with Crippen molar-refractivity contribution in [2.75, 3.05) is 16.2 Å². The first kappa shape index (κ1) is 18.5. The van der Waals surface area contributed by atoms with E-state index < -0.39 is 10.0 Å². The van der Waals surface area contributed by atoms with Crippen LogP contribution in [0, 0.1) is 0 Å². The number of sulfonamides is 1. The molecule has 1 N–H and O–H groups in total. The monoisotopic (exact) mass is 410 g/mol. The van der Waals surface area contributed by atoms with E-state index in [1.54, 1.807) is 29.5 Å². The Balaban J connectivity index is 1.48. The Bertz CT molecular complexity index is 1120. The molecule has 0 radical (unpaired) electrons. The molecule has 4 rings (SSSR count). The average molecular weight is 411 g/mol. The fraction of sp³-hybridized carbons (Fsp3) is 0.0952. The second-order valence-corrected chi connectivity index (χ2v) is 9.16. The highest BCUT2D eigenvalue weighted by Crippen LogP contribution is 2.32. The van der Waals surface area contributed by atoms with Crippen molar-refractivity contribution in [2.45, 2.75) is 11.3 Å². The van der Waals surface area contributed by atoms with Gasteiger partial charge in [0, 0.05) is 23.2 Å². The summed E-state index contributed by atoms with van der Waals surface area (Å²) in [7, 11) is -3.63. The second kappa shape index (κ2) is 7.61. The zero-order chi connectivity index (χ0) is 19.6. The summed E-state index contributed by atoms with van der Waals surface area (Å²) >= 11 is 1.54. The van der Waals surface area contributed by atoms with Crippen molar-refractivity contribution in [3.63, 3.8) is 0 Å². The van der Waals surface area contributed by atoms with Gasteiger partial charge in [-0.15, -0.1) is 11.3 Å². The van der Waals surface area contributed by atoms with Crippen LogP contribution >= 0.6 is 11.3 Å². The molecule has 28 heavy (non-hydrogen) atoms. The van der Waals surface area contributed by atoms with Crippen LogP contribution in [-0.2, 0) is 21.2 Å². The van der Waals surface area contributed by atoms with Crippen molar-refractivity contribution in [2.24, 2.45) is 0 Å². The van der Waals surface area contributed by atoms with E-state index in [-0.39, 0.29) is 10.8 Å². The first-order chi connectivity index (χ1) is 13.5. The SMILES string of the molecule is O=C(C=Cc1cccs1)Nc1ccc(S(=O)(=O)N2CCc3ccccc32)cc1. The molecule has 0 aliphatic carbocycles. The molecule has 0 saturated heterocycles. The van der Waals surface area contributed by atoms with E-state index in [4.69, 9.17) is 0 Å². The molecule has 0 bridgehead atoms. The van der Waals surface area contributed by atoms with Crippen molar-refractivity contribution >= 4 is 44.7 Å². The van der Waals surface area contributed by atoms with Gasteiger partial charge in [0.15, 0.2) is 0 Å². The normalized spacial score (nSPS) is 13.6. The number of amides is 1. The van der Waals surface area contributed by atoms with Crippen LogP contribution in [0.5, 0.6) is 0 Å². The van der Waals surface area contributed by atoms with Gasteiger partial charge in [-0.05, 0) is 59.8 Å². The number of nitrogens with one attached hydrogen (secondary N) is 1. The van der Waals surface area contributed by atoms with Crippen LogP contribution in [0.2, 0.25) is 0 Å². The van der Waals surface area contributed by atoms with Crippen molar-refractivity contribution in [3.8, 4) is 0 Å². The average Bonchev–Trinajstić information content (AvgIpc) is 3.37. The lowest BCUT2D eigenvalue weighted by molar-refractivity contribution is -0.111. The highest BCUT2D eigenvalue weighted by molar-refractivity contribution is 7.92. The molecule has 3 aromatic rings. The number of hydrogen-bond acceptors (Lipinski definition) is 4. The van der Waals surface area contributed by atoms with Gasteiger partial charge in [-0.3, -0.25) is 9.10 Å². The van der Waals surface area contributed by atoms with Gasteiger partial charge >= 0.3 is 0 Å². The van der Waals surface area contributed by atoms with E-state index in [9.17, 15) is 13.2 Å². The summed E-state index contributed by atoms with van der Waals surface area (Å²) in [5, 5.41) is 4.68. The van der Waals surface area contributed by atoms with E-state index in [0.717, 1.165) is 16.1 Å². The number of carbonyl (C=O) groups is 1. The van der Waals surface area contributed by atoms with E-state index in [1.807, 2.05) is 41.8 Å². The van der Waals surface area contributed by atoms with Gasteiger partial charge in [-0.25, -0.2) is 8.42 Å². The molecule has 2 aromatic carbocycles. The summed E-state index contributed by atoms with van der Waals surface area (Å²) < 4.78 is 27.4. The summed E-state index contributed by atoms with van der Waals surface area (Å²) in [5.41, 5.74) is 2.31. The Kier molecular flexibility index (Phi) is 5.02. The van der Waals surface area contributed by atoms with Crippen molar-refractivity contribution < 1.29 is 13.2 Å². The van der Waals surface area contributed by atoms with Crippen LogP contribution in [0.1, 0.15) is 10.4 Å². The van der Waals surface area contributed by atoms with Crippen molar-refractivity contribution in [1.29, 1.82) is 0 Å². The molecule has 2 heterocycles. The molecule has 1 amide bonds. The number of para-hydroxylation sites is 1. The standard InChI is InChI=1S/C21H18N2O3S2/c24-21(12-9-18-5-3-15-27-18)22-17-7-10-19(11-8-17)28(25,26)23-14-13-16-4-1-2-6-20(16)23/h1-12,15H,13-14H2,(H,22,24). The van der Waals surface area contributed by atoms with E-state index in [1.165, 1.54) is 22.5 Å². The highest BCUT2D eigenvalue weighted by Gasteiger charge is 2.30. The molecular weight excluding hydrogens is 392 g/mol. The Hall–Kier alpha value is -2.90. The number of carbonyl (C=O) groups excluding carboxylic acids is 1. The fourth-order valence-electron chi connectivity index (χ4n) is 3.12. The van der Waals surface area contributed by atoms with Gasteiger partial charge < -0.3 is 5.32 Å². The smallest absolute Gasteiger partial charge is 0.264 e. The molecule has 1 aliphatic heterocycles. The minimum atomic E-state index is -3.63. The molecule has 142 valence electrons. The van der Waals surface area contributed by atoms with E-state index in [2.05, 4.69) is 5.32 Å². The van der Waals surface area contributed by atoms with Gasteiger partial charge in [0.05, 0.1) is 10.6 Å². The molecule has 0 saturated carbocycles. The third-order valence-electron chi connectivity index (χ3n) is 4.50. The molecule has 1 aromatic heterocycles. The molecule has 0 unspecified atom stereocenters. The van der Waals surface area contributed by atoms with Crippen molar-refractivity contribution in [1.82, 2.24) is 0 Å². The maximum atomic E-state index is 13.0. The number of anilines is 2. The van der Waals surface area contributed by atoms with E-state index >= 15 is 0 Å². The third-order valence-corrected chi connectivity index (χ3v) is 7.16. The quantitative estimate of drug-likeness (QED) is 0.643. The van der Waals surface area contributed by atoms with Gasteiger partial charge in [0.2, 0.25) is 5.91 Å². The van der Waals surface area contributed by atoms with E-state index in [0.29, 0.717) is 18.7 Å². The summed E-state index contributed by atoms with van der Waals surface area (Å²) in [6.45, 7) is 0.438. The van der Waals surface area contributed by atoms with Crippen LogP contribution in [0.15, 0.2) is 77.0 Å². The Labute approximate surface area is 168 Å². The number of hydrogen-bond donors (Lipinski definition) is 1.